The van der Waals surface area contributed by atoms with Crippen LogP contribution < -0.4 is 0 Å². The van der Waals surface area contributed by atoms with Gasteiger partial charge in [-0.05, 0) is 32.1 Å². The summed E-state index contributed by atoms with van der Waals surface area (Å²) in [4.78, 5) is 11.6. The van der Waals surface area contributed by atoms with Crippen LogP contribution in [-0.2, 0) is 9.53 Å². The van der Waals surface area contributed by atoms with E-state index in [1.165, 1.54) is 0 Å². The lowest BCUT2D eigenvalue weighted by molar-refractivity contribution is -0.127. The van der Waals surface area contributed by atoms with E-state index in [-0.39, 0.29) is 22.7 Å². The van der Waals surface area contributed by atoms with Crippen LogP contribution in [0.15, 0.2) is 0 Å². The fraction of sp³-hybridized carbons (Fsp3) is 0.909. The lowest BCUT2D eigenvalue weighted by atomic mass is 9.62. The minimum absolute atomic E-state index is 0.0961. The van der Waals surface area contributed by atoms with E-state index in [9.17, 15) is 4.79 Å². The minimum atomic E-state index is -0.131. The number of carbonyl (C=O) groups is 1. The van der Waals surface area contributed by atoms with Crippen molar-refractivity contribution in [2.75, 3.05) is 0 Å². The molecule has 1 aliphatic heterocycles. The topological polar surface area (TPSA) is 29.6 Å². The summed E-state index contributed by atoms with van der Waals surface area (Å²) in [5, 5.41) is 0. The van der Waals surface area contributed by atoms with Crippen LogP contribution in [-0.4, -0.2) is 17.5 Å². The number of ether oxygens (including phenoxy) is 1. The Bertz CT molecular complexity index is 252. The Balaban J connectivity index is 2.31. The number of carbonyl (C=O) groups excluding carboxylic acids is 1. The molecule has 13 heavy (non-hydrogen) atoms. The maximum absolute atomic E-state index is 11.6. The molecule has 0 aromatic heterocycles. The first-order valence-electron chi connectivity index (χ1n) is 5.06. The Kier molecular flexibility index (Phi) is 1.66. The highest BCUT2D eigenvalue weighted by Crippen LogP contribution is 2.58. The Morgan fingerprint density at radius 1 is 1.38 bits per heavy atom. The van der Waals surface area contributed by atoms with Crippen molar-refractivity contribution >= 4 is 5.78 Å². The molecule has 2 heteroatoms. The summed E-state index contributed by atoms with van der Waals surface area (Å²) in [6.45, 7) is 8.15. The highest BCUT2D eigenvalue weighted by Gasteiger charge is 2.65. The van der Waals surface area contributed by atoms with Crippen molar-refractivity contribution in [3.8, 4) is 0 Å². The Labute approximate surface area is 79.7 Å². The molecule has 1 saturated carbocycles. The normalized spacial score (nSPS) is 46.8. The fourth-order valence-corrected chi connectivity index (χ4v) is 3.25. The molecule has 2 nitrogen and oxygen atoms in total. The molecular weight excluding hydrogens is 164 g/mol. The van der Waals surface area contributed by atoms with Crippen LogP contribution in [0.25, 0.3) is 0 Å². The average molecular weight is 182 g/mol. The third kappa shape index (κ3) is 1.15. The van der Waals surface area contributed by atoms with E-state index in [0.717, 1.165) is 12.8 Å². The van der Waals surface area contributed by atoms with E-state index in [2.05, 4.69) is 20.8 Å². The van der Waals surface area contributed by atoms with Crippen molar-refractivity contribution < 1.29 is 9.53 Å². The molecule has 0 spiro atoms. The van der Waals surface area contributed by atoms with Gasteiger partial charge in [0.2, 0.25) is 0 Å². The zero-order valence-electron chi connectivity index (χ0n) is 8.89. The molecule has 0 aromatic carbocycles. The van der Waals surface area contributed by atoms with Gasteiger partial charge in [-0.25, -0.2) is 0 Å². The molecule has 1 unspecified atom stereocenters. The van der Waals surface area contributed by atoms with Crippen LogP contribution >= 0.6 is 0 Å². The van der Waals surface area contributed by atoms with Gasteiger partial charge < -0.3 is 4.74 Å². The molecular formula is C11H18O2. The van der Waals surface area contributed by atoms with Crippen molar-refractivity contribution in [3.05, 3.63) is 0 Å². The van der Waals surface area contributed by atoms with Crippen molar-refractivity contribution in [2.45, 2.75) is 52.2 Å². The maximum Gasteiger partial charge on any atom is 0.136 e. The zero-order chi connectivity index (χ0) is 9.85. The van der Waals surface area contributed by atoms with Crippen molar-refractivity contribution in [1.29, 1.82) is 0 Å². The molecule has 2 rings (SSSR count). The molecule has 1 aliphatic carbocycles. The Morgan fingerprint density at radius 2 is 2.00 bits per heavy atom. The SMILES string of the molecule is CC(=O)C1C(C)(C)CC[C@@H]2O[C@]12C. The van der Waals surface area contributed by atoms with Crippen LogP contribution in [0.4, 0.5) is 0 Å². The van der Waals surface area contributed by atoms with Crippen molar-refractivity contribution in [3.63, 3.8) is 0 Å². The highest BCUT2D eigenvalue weighted by molar-refractivity contribution is 5.81. The number of Topliss-reactive ketones (excluding diaryl/α,β-unsaturated/α-hetero) is 1. The number of hydrogen-bond donors (Lipinski definition) is 0. The van der Waals surface area contributed by atoms with Crippen LogP contribution in [0.3, 0.4) is 0 Å². The maximum atomic E-state index is 11.6. The largest absolute Gasteiger partial charge is 0.366 e. The molecule has 0 bridgehead atoms. The van der Waals surface area contributed by atoms with E-state index in [1.54, 1.807) is 6.92 Å². The van der Waals surface area contributed by atoms with Crippen molar-refractivity contribution in [1.82, 2.24) is 0 Å². The van der Waals surface area contributed by atoms with E-state index >= 15 is 0 Å². The van der Waals surface area contributed by atoms with Gasteiger partial charge in [-0.1, -0.05) is 13.8 Å². The summed E-state index contributed by atoms with van der Waals surface area (Å²) >= 11 is 0. The molecule has 3 atom stereocenters. The second kappa shape index (κ2) is 2.35. The summed E-state index contributed by atoms with van der Waals surface area (Å²) in [5.74, 6) is 0.383. The number of hydrogen-bond acceptors (Lipinski definition) is 2. The van der Waals surface area contributed by atoms with Gasteiger partial charge in [0.1, 0.15) is 11.4 Å². The molecule has 0 radical (unpaired) electrons. The van der Waals surface area contributed by atoms with Crippen LogP contribution in [0.5, 0.6) is 0 Å². The number of rotatable bonds is 1. The van der Waals surface area contributed by atoms with Gasteiger partial charge in [-0.2, -0.15) is 0 Å². The number of ketones is 1. The predicted octanol–water partition coefficient (Wildman–Crippen LogP) is 2.17. The lowest BCUT2D eigenvalue weighted by Gasteiger charge is -2.38. The molecule has 0 aromatic rings. The smallest absolute Gasteiger partial charge is 0.136 e. The van der Waals surface area contributed by atoms with Gasteiger partial charge in [0.25, 0.3) is 0 Å². The second-order valence-electron chi connectivity index (χ2n) is 5.36. The quantitative estimate of drug-likeness (QED) is 0.582. The van der Waals surface area contributed by atoms with Gasteiger partial charge in [-0.3, -0.25) is 4.79 Å². The van der Waals surface area contributed by atoms with Gasteiger partial charge in [0.05, 0.1) is 12.0 Å². The first-order chi connectivity index (χ1) is 5.88. The summed E-state index contributed by atoms with van der Waals surface area (Å²) in [5.41, 5.74) is -0.0127. The van der Waals surface area contributed by atoms with Crippen LogP contribution in [0.1, 0.15) is 40.5 Å². The van der Waals surface area contributed by atoms with Gasteiger partial charge in [0.15, 0.2) is 0 Å². The van der Waals surface area contributed by atoms with Crippen LogP contribution in [0, 0.1) is 11.3 Å². The number of epoxide rings is 1. The molecule has 2 aliphatic rings. The molecule has 1 heterocycles. The molecule has 0 amide bonds. The summed E-state index contributed by atoms with van der Waals surface area (Å²) in [6.07, 6.45) is 2.58. The van der Waals surface area contributed by atoms with E-state index < -0.39 is 0 Å². The lowest BCUT2D eigenvalue weighted by Crippen LogP contribution is -2.44. The van der Waals surface area contributed by atoms with E-state index in [1.807, 2.05) is 0 Å². The minimum Gasteiger partial charge on any atom is -0.366 e. The molecule has 74 valence electrons. The van der Waals surface area contributed by atoms with Gasteiger partial charge in [0, 0.05) is 0 Å². The van der Waals surface area contributed by atoms with Gasteiger partial charge in [-0.15, -0.1) is 0 Å². The van der Waals surface area contributed by atoms with Crippen molar-refractivity contribution in [2.24, 2.45) is 11.3 Å². The average Bonchev–Trinajstić information content (AvgIpc) is 2.56. The third-order valence-electron chi connectivity index (χ3n) is 3.79. The first-order valence-corrected chi connectivity index (χ1v) is 5.06. The zero-order valence-corrected chi connectivity index (χ0v) is 8.89. The standard InChI is InChI=1S/C11H18O2/c1-7(12)9-10(2,3)6-5-8-11(9,4)13-8/h8-9H,5-6H2,1-4H3/t8-,9?,11-/m0/s1. The summed E-state index contributed by atoms with van der Waals surface area (Å²) < 4.78 is 5.65. The van der Waals surface area contributed by atoms with Crippen LogP contribution in [0.2, 0.25) is 0 Å². The van der Waals surface area contributed by atoms with Gasteiger partial charge >= 0.3 is 0 Å². The second-order valence-corrected chi connectivity index (χ2v) is 5.36. The Morgan fingerprint density at radius 3 is 2.46 bits per heavy atom. The Hall–Kier alpha value is -0.370. The molecule has 2 fully saturated rings. The molecule has 0 N–H and O–H groups in total. The monoisotopic (exact) mass is 182 g/mol. The summed E-state index contributed by atoms with van der Waals surface area (Å²) in [6, 6.07) is 0. The fourth-order valence-electron chi connectivity index (χ4n) is 3.25. The van der Waals surface area contributed by atoms with E-state index in [4.69, 9.17) is 4.74 Å². The third-order valence-corrected chi connectivity index (χ3v) is 3.79. The summed E-state index contributed by atoms with van der Waals surface area (Å²) in [7, 11) is 0. The van der Waals surface area contributed by atoms with E-state index in [0.29, 0.717) is 6.10 Å². The molecule has 1 saturated heterocycles. The predicted molar refractivity (Wildman–Crippen MR) is 50.5 cm³/mol. The number of fused-ring (bicyclic) bond motifs is 1. The highest BCUT2D eigenvalue weighted by atomic mass is 16.6. The first kappa shape index (κ1) is 9.20.